The molecule has 0 unspecified atom stereocenters. The second-order valence-corrected chi connectivity index (χ2v) is 4.90. The van der Waals surface area contributed by atoms with Crippen molar-refractivity contribution in [2.75, 3.05) is 0 Å². The molecule has 3 rings (SSSR count). The van der Waals surface area contributed by atoms with Crippen LogP contribution in [0.25, 0.3) is 0 Å². The van der Waals surface area contributed by atoms with E-state index in [1.165, 1.54) is 0 Å². The number of carbonyl (C=O) groups excluding carboxylic acids is 1. The number of nitrogens with zero attached hydrogens (tertiary/aromatic N) is 2. The second kappa shape index (κ2) is 5.74. The van der Waals surface area contributed by atoms with Crippen molar-refractivity contribution in [1.29, 1.82) is 0 Å². The number of rotatable bonds is 4. The Hall–Kier alpha value is -2.36. The van der Waals surface area contributed by atoms with E-state index in [1.54, 1.807) is 29.4 Å². The maximum absolute atomic E-state index is 12.3. The fourth-order valence-corrected chi connectivity index (χ4v) is 2.07. The first-order chi connectivity index (χ1) is 9.83. The third-order valence-corrected chi connectivity index (χ3v) is 3.25. The number of carbonyl (C=O) groups is 1. The van der Waals surface area contributed by atoms with Crippen molar-refractivity contribution in [2.24, 2.45) is 0 Å². The van der Waals surface area contributed by atoms with E-state index in [0.29, 0.717) is 18.3 Å². The number of para-hydroxylation sites is 1. The molecule has 0 radical (unpaired) electrons. The highest BCUT2D eigenvalue weighted by molar-refractivity contribution is 5.71. The molecule has 20 heavy (non-hydrogen) atoms. The molecule has 1 fully saturated rings. The summed E-state index contributed by atoms with van der Waals surface area (Å²) in [6.45, 7) is 0.546. The summed E-state index contributed by atoms with van der Waals surface area (Å²) in [4.78, 5) is 18.1. The zero-order valence-corrected chi connectivity index (χ0v) is 11.1. The highest BCUT2D eigenvalue weighted by Crippen LogP contribution is 2.29. The molecule has 1 aliphatic rings. The van der Waals surface area contributed by atoms with E-state index in [0.717, 1.165) is 18.4 Å². The topological polar surface area (TPSA) is 42.4 Å². The summed E-state index contributed by atoms with van der Waals surface area (Å²) < 4.78 is 5.42. The summed E-state index contributed by atoms with van der Waals surface area (Å²) in [5.41, 5.74) is 1.02. The van der Waals surface area contributed by atoms with E-state index in [9.17, 15) is 4.79 Å². The molecule has 2 aromatic rings. The molecule has 1 amide bonds. The van der Waals surface area contributed by atoms with E-state index in [1.807, 2.05) is 30.3 Å². The lowest BCUT2D eigenvalue weighted by Crippen LogP contribution is -2.35. The van der Waals surface area contributed by atoms with E-state index in [2.05, 4.69) is 4.98 Å². The van der Waals surface area contributed by atoms with Crippen molar-refractivity contribution in [3.63, 3.8) is 0 Å². The number of pyridine rings is 1. The van der Waals surface area contributed by atoms with Crippen LogP contribution in [0.3, 0.4) is 0 Å². The third-order valence-electron chi connectivity index (χ3n) is 3.25. The molecule has 0 atom stereocenters. The molecule has 0 bridgehead atoms. The van der Waals surface area contributed by atoms with E-state index >= 15 is 0 Å². The van der Waals surface area contributed by atoms with Crippen molar-refractivity contribution in [3.05, 3.63) is 60.4 Å². The molecule has 1 heterocycles. The van der Waals surface area contributed by atoms with Gasteiger partial charge < -0.3 is 9.64 Å². The van der Waals surface area contributed by atoms with Crippen molar-refractivity contribution in [2.45, 2.75) is 25.4 Å². The number of ether oxygens (including phenoxy) is 1. The lowest BCUT2D eigenvalue weighted by atomic mass is 10.2. The Morgan fingerprint density at radius 2 is 2.00 bits per heavy atom. The van der Waals surface area contributed by atoms with Gasteiger partial charge in [0.1, 0.15) is 5.75 Å². The van der Waals surface area contributed by atoms with Gasteiger partial charge in [0, 0.05) is 18.4 Å². The summed E-state index contributed by atoms with van der Waals surface area (Å²) in [7, 11) is 0. The van der Waals surface area contributed by atoms with Crippen LogP contribution in [-0.4, -0.2) is 22.0 Å². The Labute approximate surface area is 118 Å². The van der Waals surface area contributed by atoms with Gasteiger partial charge in [-0.2, -0.15) is 0 Å². The minimum atomic E-state index is -0.289. The lowest BCUT2D eigenvalue weighted by Gasteiger charge is -2.21. The molecule has 0 aliphatic heterocycles. The van der Waals surface area contributed by atoms with Crippen LogP contribution in [0.15, 0.2) is 54.9 Å². The smallest absolute Gasteiger partial charge is 0.410 e. The van der Waals surface area contributed by atoms with Crippen LogP contribution < -0.4 is 4.74 Å². The summed E-state index contributed by atoms with van der Waals surface area (Å²) in [6, 6.07) is 13.3. The molecule has 4 heteroatoms. The molecule has 1 aliphatic carbocycles. The predicted molar refractivity (Wildman–Crippen MR) is 75.3 cm³/mol. The molecule has 4 nitrogen and oxygen atoms in total. The van der Waals surface area contributed by atoms with Gasteiger partial charge in [0.15, 0.2) is 0 Å². The van der Waals surface area contributed by atoms with Crippen LogP contribution in [0.1, 0.15) is 18.4 Å². The maximum Gasteiger partial charge on any atom is 0.415 e. The van der Waals surface area contributed by atoms with Crippen molar-refractivity contribution < 1.29 is 9.53 Å². The minimum Gasteiger partial charge on any atom is -0.410 e. The summed E-state index contributed by atoms with van der Waals surface area (Å²) in [5, 5.41) is 0. The van der Waals surface area contributed by atoms with Gasteiger partial charge in [0.25, 0.3) is 0 Å². The molecule has 1 saturated carbocycles. The van der Waals surface area contributed by atoms with Crippen LogP contribution in [0.2, 0.25) is 0 Å². The molecule has 1 aromatic heterocycles. The number of hydrogen-bond acceptors (Lipinski definition) is 3. The quantitative estimate of drug-likeness (QED) is 0.854. The van der Waals surface area contributed by atoms with Gasteiger partial charge in [-0.1, -0.05) is 24.3 Å². The first-order valence-corrected chi connectivity index (χ1v) is 6.75. The fraction of sp³-hybridized carbons (Fsp3) is 0.250. The average Bonchev–Trinajstić information content (AvgIpc) is 3.31. The van der Waals surface area contributed by atoms with Crippen molar-refractivity contribution in [3.8, 4) is 5.75 Å². The fourth-order valence-electron chi connectivity index (χ4n) is 2.07. The summed E-state index contributed by atoms with van der Waals surface area (Å²) >= 11 is 0. The zero-order chi connectivity index (χ0) is 13.8. The van der Waals surface area contributed by atoms with E-state index < -0.39 is 0 Å². The van der Waals surface area contributed by atoms with Crippen LogP contribution in [0, 0.1) is 0 Å². The van der Waals surface area contributed by atoms with Crippen LogP contribution in [-0.2, 0) is 6.54 Å². The van der Waals surface area contributed by atoms with Crippen LogP contribution in [0.5, 0.6) is 5.75 Å². The summed E-state index contributed by atoms with van der Waals surface area (Å²) in [6.07, 6.45) is 5.31. The minimum absolute atomic E-state index is 0.289. The molecule has 102 valence electrons. The highest BCUT2D eigenvalue weighted by Gasteiger charge is 2.33. The van der Waals surface area contributed by atoms with Crippen LogP contribution >= 0.6 is 0 Å². The Morgan fingerprint density at radius 3 is 2.65 bits per heavy atom. The number of amides is 1. The maximum atomic E-state index is 12.3. The summed E-state index contributed by atoms with van der Waals surface area (Å²) in [5.74, 6) is 0.578. The number of hydrogen-bond donors (Lipinski definition) is 0. The molecule has 1 aromatic carbocycles. The molecule has 0 saturated heterocycles. The van der Waals surface area contributed by atoms with Gasteiger partial charge in [-0.3, -0.25) is 4.98 Å². The van der Waals surface area contributed by atoms with E-state index in [-0.39, 0.29) is 6.09 Å². The van der Waals surface area contributed by atoms with Gasteiger partial charge >= 0.3 is 6.09 Å². The normalized spacial score (nSPS) is 13.8. The Morgan fingerprint density at radius 1 is 1.20 bits per heavy atom. The highest BCUT2D eigenvalue weighted by atomic mass is 16.6. The largest absolute Gasteiger partial charge is 0.415 e. The van der Waals surface area contributed by atoms with Gasteiger partial charge in [-0.05, 0) is 36.6 Å². The monoisotopic (exact) mass is 268 g/mol. The van der Waals surface area contributed by atoms with Gasteiger partial charge in [0.2, 0.25) is 0 Å². The third kappa shape index (κ3) is 3.15. The van der Waals surface area contributed by atoms with Gasteiger partial charge in [0.05, 0.1) is 6.54 Å². The Balaban J connectivity index is 1.69. The first-order valence-electron chi connectivity index (χ1n) is 6.75. The SMILES string of the molecule is O=C(Oc1ccccc1)N(Cc1cccnc1)C1CC1. The average molecular weight is 268 g/mol. The molecule has 0 spiro atoms. The van der Waals surface area contributed by atoms with Gasteiger partial charge in [-0.25, -0.2) is 4.79 Å². The predicted octanol–water partition coefficient (Wildman–Crippen LogP) is 3.25. The zero-order valence-electron chi connectivity index (χ0n) is 11.1. The second-order valence-electron chi connectivity index (χ2n) is 4.90. The lowest BCUT2D eigenvalue weighted by molar-refractivity contribution is 0.146. The number of benzene rings is 1. The Bertz CT molecular complexity index is 568. The van der Waals surface area contributed by atoms with Crippen LogP contribution in [0.4, 0.5) is 4.79 Å². The van der Waals surface area contributed by atoms with Crippen molar-refractivity contribution >= 4 is 6.09 Å². The first kappa shape index (κ1) is 12.7. The molecular weight excluding hydrogens is 252 g/mol. The number of aromatic nitrogens is 1. The van der Waals surface area contributed by atoms with Gasteiger partial charge in [-0.15, -0.1) is 0 Å². The Kier molecular flexibility index (Phi) is 3.63. The van der Waals surface area contributed by atoms with Crippen molar-refractivity contribution in [1.82, 2.24) is 9.88 Å². The standard InChI is InChI=1S/C16H16N2O2/c19-16(20-15-6-2-1-3-7-15)18(14-8-9-14)12-13-5-4-10-17-11-13/h1-7,10-11,14H,8-9,12H2. The molecular formula is C16H16N2O2. The molecule has 0 N–H and O–H groups in total. The van der Waals surface area contributed by atoms with E-state index in [4.69, 9.17) is 4.74 Å².